The molecule has 0 heterocycles. The molecule has 21 heavy (non-hydrogen) atoms. The zero-order valence-corrected chi connectivity index (χ0v) is 13.0. The summed E-state index contributed by atoms with van der Waals surface area (Å²) in [7, 11) is -4.04. The van der Waals surface area contributed by atoms with Crippen molar-refractivity contribution >= 4 is 33.5 Å². The summed E-state index contributed by atoms with van der Waals surface area (Å²) < 4.78 is 26.4. The van der Waals surface area contributed by atoms with Crippen molar-refractivity contribution < 1.29 is 23.1 Å². The van der Waals surface area contributed by atoms with E-state index in [4.69, 9.17) is 16.7 Å². The number of rotatable bonds is 6. The quantitative estimate of drug-likeness (QED) is 0.711. The van der Waals surface area contributed by atoms with Gasteiger partial charge in [0.25, 0.3) is 0 Å². The number of likely N-dealkylation sites (N-methyl/N-ethyl adjacent to an activating group) is 1. The van der Waals surface area contributed by atoms with Gasteiger partial charge in [0.2, 0.25) is 15.9 Å². The molecule has 116 valence electrons. The molecule has 0 aliphatic heterocycles. The maximum Gasteiger partial charge on any atom is 0.336 e. The SMILES string of the molecule is CCNC(=O)CNS(=O)(=O)c1cc(Cl)cc(C(=O)O)c1C. The molecule has 0 saturated heterocycles. The fourth-order valence-electron chi connectivity index (χ4n) is 1.65. The van der Waals surface area contributed by atoms with Gasteiger partial charge in [-0.1, -0.05) is 11.6 Å². The number of hydrogen-bond donors (Lipinski definition) is 3. The molecule has 0 bridgehead atoms. The standard InChI is InChI=1S/C12H15ClN2O5S/c1-3-14-11(16)6-15-21(19,20)10-5-8(13)4-9(7(10)2)12(17)18/h4-5,15H,3,6H2,1-2H3,(H,14,16)(H,17,18). The summed E-state index contributed by atoms with van der Waals surface area (Å²) in [6.07, 6.45) is 0. The third kappa shape index (κ3) is 4.42. The average Bonchev–Trinajstić information content (AvgIpc) is 2.39. The van der Waals surface area contributed by atoms with E-state index in [2.05, 4.69) is 10.0 Å². The molecule has 0 unspecified atom stereocenters. The smallest absolute Gasteiger partial charge is 0.336 e. The van der Waals surface area contributed by atoms with Gasteiger partial charge in [0.05, 0.1) is 17.0 Å². The van der Waals surface area contributed by atoms with Crippen molar-refractivity contribution in [2.24, 2.45) is 0 Å². The molecule has 0 spiro atoms. The predicted molar refractivity (Wildman–Crippen MR) is 77.0 cm³/mol. The van der Waals surface area contributed by atoms with E-state index in [0.29, 0.717) is 6.54 Å². The first kappa shape index (κ1) is 17.4. The van der Waals surface area contributed by atoms with E-state index in [9.17, 15) is 18.0 Å². The molecular formula is C12H15ClN2O5S. The molecule has 0 fully saturated rings. The number of carboxylic acids is 1. The highest BCUT2D eigenvalue weighted by atomic mass is 35.5. The Morgan fingerprint density at radius 3 is 2.48 bits per heavy atom. The molecule has 0 radical (unpaired) electrons. The fraction of sp³-hybridized carbons (Fsp3) is 0.333. The second kappa shape index (κ2) is 6.88. The summed E-state index contributed by atoms with van der Waals surface area (Å²) in [5.41, 5.74) is -0.156. The predicted octanol–water partition coefficient (Wildman–Crippen LogP) is 0.761. The number of aromatic carboxylic acids is 1. The molecule has 1 aromatic rings. The lowest BCUT2D eigenvalue weighted by Gasteiger charge is -2.11. The Morgan fingerprint density at radius 1 is 1.33 bits per heavy atom. The van der Waals surface area contributed by atoms with Crippen LogP contribution in [-0.2, 0) is 14.8 Å². The largest absolute Gasteiger partial charge is 0.478 e. The van der Waals surface area contributed by atoms with Crippen LogP contribution in [-0.4, -0.2) is 38.5 Å². The number of sulfonamides is 1. The summed E-state index contributed by atoms with van der Waals surface area (Å²) in [4.78, 5) is 22.1. The number of carboxylic acid groups (broad SMARTS) is 1. The van der Waals surface area contributed by atoms with Crippen LogP contribution in [0.4, 0.5) is 0 Å². The number of benzene rings is 1. The number of hydrogen-bond acceptors (Lipinski definition) is 4. The summed E-state index contributed by atoms with van der Waals surface area (Å²) in [5.74, 6) is -1.77. The number of carbonyl (C=O) groups excluding carboxylic acids is 1. The number of amides is 1. The van der Waals surface area contributed by atoms with Gasteiger partial charge in [-0.25, -0.2) is 17.9 Å². The molecule has 9 heteroatoms. The second-order valence-electron chi connectivity index (χ2n) is 4.16. The summed E-state index contributed by atoms with van der Waals surface area (Å²) in [5, 5.41) is 11.5. The van der Waals surface area contributed by atoms with E-state index in [0.717, 1.165) is 6.07 Å². The van der Waals surface area contributed by atoms with Gasteiger partial charge in [-0.3, -0.25) is 4.79 Å². The molecule has 3 N–H and O–H groups in total. The van der Waals surface area contributed by atoms with E-state index in [1.165, 1.54) is 13.0 Å². The first-order valence-corrected chi connectivity index (χ1v) is 7.85. The fourth-order valence-corrected chi connectivity index (χ4v) is 3.21. The lowest BCUT2D eigenvalue weighted by atomic mass is 10.1. The van der Waals surface area contributed by atoms with Gasteiger partial charge in [0, 0.05) is 11.6 Å². The lowest BCUT2D eigenvalue weighted by molar-refractivity contribution is -0.119. The molecule has 1 aromatic carbocycles. The first-order chi connectivity index (χ1) is 9.69. The topological polar surface area (TPSA) is 113 Å². The molecule has 7 nitrogen and oxygen atoms in total. The van der Waals surface area contributed by atoms with Crippen LogP contribution < -0.4 is 10.0 Å². The van der Waals surface area contributed by atoms with Crippen LogP contribution in [0, 0.1) is 6.92 Å². The highest BCUT2D eigenvalue weighted by Gasteiger charge is 2.22. The minimum atomic E-state index is -4.04. The Balaban J connectivity index is 3.14. The number of nitrogens with one attached hydrogen (secondary N) is 2. The van der Waals surface area contributed by atoms with Gasteiger partial charge in [-0.2, -0.15) is 0 Å². The van der Waals surface area contributed by atoms with E-state index >= 15 is 0 Å². The van der Waals surface area contributed by atoms with Crippen LogP contribution in [0.5, 0.6) is 0 Å². The third-order valence-corrected chi connectivity index (χ3v) is 4.39. The van der Waals surface area contributed by atoms with Crippen LogP contribution in [0.1, 0.15) is 22.8 Å². The number of carbonyl (C=O) groups is 2. The van der Waals surface area contributed by atoms with Gasteiger partial charge >= 0.3 is 5.97 Å². The van der Waals surface area contributed by atoms with Crippen LogP contribution in [0.25, 0.3) is 0 Å². The highest BCUT2D eigenvalue weighted by Crippen LogP contribution is 2.24. The lowest BCUT2D eigenvalue weighted by Crippen LogP contribution is -2.37. The molecule has 0 aliphatic carbocycles. The molecule has 0 saturated carbocycles. The Labute approximate surface area is 127 Å². The van der Waals surface area contributed by atoms with E-state index in [-0.39, 0.29) is 21.0 Å². The van der Waals surface area contributed by atoms with Gasteiger partial charge < -0.3 is 10.4 Å². The van der Waals surface area contributed by atoms with E-state index in [1.807, 2.05) is 0 Å². The van der Waals surface area contributed by atoms with Gasteiger partial charge in [0.15, 0.2) is 0 Å². The minimum Gasteiger partial charge on any atom is -0.478 e. The van der Waals surface area contributed by atoms with Crippen molar-refractivity contribution in [1.29, 1.82) is 0 Å². The maximum absolute atomic E-state index is 12.1. The van der Waals surface area contributed by atoms with Crippen LogP contribution in [0.2, 0.25) is 5.02 Å². The molecule has 1 amide bonds. The summed E-state index contributed by atoms with van der Waals surface area (Å²) in [6, 6.07) is 2.31. The Kier molecular flexibility index (Phi) is 5.70. The average molecular weight is 335 g/mol. The van der Waals surface area contributed by atoms with Crippen molar-refractivity contribution in [1.82, 2.24) is 10.0 Å². The molecular weight excluding hydrogens is 320 g/mol. The van der Waals surface area contributed by atoms with Crippen molar-refractivity contribution in [3.8, 4) is 0 Å². The third-order valence-electron chi connectivity index (χ3n) is 2.64. The molecule has 0 aromatic heterocycles. The first-order valence-electron chi connectivity index (χ1n) is 5.98. The molecule has 1 rings (SSSR count). The zero-order valence-electron chi connectivity index (χ0n) is 11.4. The minimum absolute atomic E-state index is 0.0172. The van der Waals surface area contributed by atoms with E-state index in [1.54, 1.807) is 6.92 Å². The van der Waals surface area contributed by atoms with Crippen molar-refractivity contribution in [3.05, 3.63) is 28.3 Å². The summed E-state index contributed by atoms with van der Waals surface area (Å²) >= 11 is 5.75. The van der Waals surface area contributed by atoms with Crippen molar-refractivity contribution in [2.75, 3.05) is 13.1 Å². The normalized spacial score (nSPS) is 11.2. The summed E-state index contributed by atoms with van der Waals surface area (Å²) in [6.45, 7) is 3.00. The van der Waals surface area contributed by atoms with Crippen molar-refractivity contribution in [2.45, 2.75) is 18.7 Å². The monoisotopic (exact) mass is 334 g/mol. The second-order valence-corrected chi connectivity index (χ2v) is 6.33. The van der Waals surface area contributed by atoms with Gasteiger partial charge in [0.1, 0.15) is 0 Å². The molecule has 0 atom stereocenters. The highest BCUT2D eigenvalue weighted by molar-refractivity contribution is 7.89. The van der Waals surface area contributed by atoms with Crippen LogP contribution in [0.15, 0.2) is 17.0 Å². The van der Waals surface area contributed by atoms with E-state index < -0.39 is 28.4 Å². The van der Waals surface area contributed by atoms with Gasteiger partial charge in [-0.05, 0) is 31.5 Å². The van der Waals surface area contributed by atoms with Crippen molar-refractivity contribution in [3.63, 3.8) is 0 Å². The van der Waals surface area contributed by atoms with Crippen LogP contribution in [0.3, 0.4) is 0 Å². The Hall–Kier alpha value is -1.64. The van der Waals surface area contributed by atoms with Crippen LogP contribution >= 0.6 is 11.6 Å². The maximum atomic E-state index is 12.1. The zero-order chi connectivity index (χ0) is 16.2. The number of halogens is 1. The van der Waals surface area contributed by atoms with Gasteiger partial charge in [-0.15, -0.1) is 0 Å². The Morgan fingerprint density at radius 2 is 1.95 bits per heavy atom. The molecule has 0 aliphatic rings. The Bertz CT molecular complexity index is 672.